The van der Waals surface area contributed by atoms with E-state index in [1.807, 2.05) is 0 Å². The quantitative estimate of drug-likeness (QED) is 0.912. The zero-order valence-electron chi connectivity index (χ0n) is 9.72. The van der Waals surface area contributed by atoms with E-state index in [9.17, 15) is 9.90 Å². The minimum absolute atomic E-state index is 0.0484. The highest BCUT2D eigenvalue weighted by molar-refractivity contribution is 9.10. The molecule has 0 radical (unpaired) electrons. The lowest BCUT2D eigenvalue weighted by atomic mass is 10.2. The highest BCUT2D eigenvalue weighted by atomic mass is 79.9. The molecule has 0 saturated carbocycles. The first-order chi connectivity index (χ1) is 8.58. The van der Waals surface area contributed by atoms with E-state index in [1.165, 1.54) is 11.0 Å². The number of rotatable bonds is 3. The molecule has 2 N–H and O–H groups in total. The van der Waals surface area contributed by atoms with Crippen LogP contribution in [0.1, 0.15) is 16.2 Å². The Bertz CT molecular complexity index is 554. The second-order valence-corrected chi connectivity index (χ2v) is 4.72. The van der Waals surface area contributed by atoms with Gasteiger partial charge >= 0.3 is 0 Å². The van der Waals surface area contributed by atoms with Crippen LogP contribution in [0.2, 0.25) is 0 Å². The van der Waals surface area contributed by atoms with E-state index in [1.54, 1.807) is 31.6 Å². The minimum atomic E-state index is -0.172. The molecule has 94 valence electrons. The summed E-state index contributed by atoms with van der Waals surface area (Å²) in [6.45, 7) is 0.392. The van der Waals surface area contributed by atoms with E-state index in [2.05, 4.69) is 25.9 Å². The van der Waals surface area contributed by atoms with E-state index in [0.29, 0.717) is 22.4 Å². The van der Waals surface area contributed by atoms with Crippen LogP contribution in [-0.4, -0.2) is 32.9 Å². The Balaban J connectivity index is 2.12. The van der Waals surface area contributed by atoms with Crippen molar-refractivity contribution >= 4 is 21.8 Å². The number of phenolic OH excluding ortho intramolecular Hbond substituents is 1. The van der Waals surface area contributed by atoms with Crippen molar-refractivity contribution in [3.63, 3.8) is 0 Å². The summed E-state index contributed by atoms with van der Waals surface area (Å²) in [4.78, 5) is 20.6. The number of hydrogen-bond donors (Lipinski definition) is 2. The maximum absolute atomic E-state index is 12.1. The molecule has 1 aromatic heterocycles. The lowest BCUT2D eigenvalue weighted by Crippen LogP contribution is -2.26. The second-order valence-electron chi connectivity index (χ2n) is 3.86. The van der Waals surface area contributed by atoms with Crippen LogP contribution in [0.5, 0.6) is 5.75 Å². The zero-order valence-corrected chi connectivity index (χ0v) is 11.3. The summed E-state index contributed by atoms with van der Waals surface area (Å²) in [7, 11) is 1.68. The molecule has 0 fully saturated rings. The van der Waals surface area contributed by atoms with Crippen molar-refractivity contribution in [3.05, 3.63) is 46.5 Å². The molecule has 0 unspecified atom stereocenters. The van der Waals surface area contributed by atoms with Gasteiger partial charge in [-0.3, -0.25) is 4.79 Å². The molecule has 0 aliphatic carbocycles. The van der Waals surface area contributed by atoms with Crippen LogP contribution in [0.3, 0.4) is 0 Å². The van der Waals surface area contributed by atoms with Gasteiger partial charge in [-0.05, 0) is 34.1 Å². The van der Waals surface area contributed by atoms with Gasteiger partial charge in [-0.15, -0.1) is 0 Å². The fourth-order valence-electron chi connectivity index (χ4n) is 1.55. The lowest BCUT2D eigenvalue weighted by Gasteiger charge is -2.16. The molecular weight excluding hydrogens is 298 g/mol. The molecule has 0 spiro atoms. The molecule has 1 amide bonds. The molecule has 2 rings (SSSR count). The van der Waals surface area contributed by atoms with Gasteiger partial charge in [-0.25, -0.2) is 4.98 Å². The van der Waals surface area contributed by atoms with Crippen LogP contribution in [0.15, 0.2) is 35.1 Å². The average Bonchev–Trinajstić information content (AvgIpc) is 2.84. The molecule has 5 nitrogen and oxygen atoms in total. The highest BCUT2D eigenvalue weighted by Gasteiger charge is 2.14. The Kier molecular flexibility index (Phi) is 3.66. The topological polar surface area (TPSA) is 69.2 Å². The van der Waals surface area contributed by atoms with Gasteiger partial charge < -0.3 is 15.0 Å². The molecule has 1 heterocycles. The van der Waals surface area contributed by atoms with Crippen LogP contribution in [0.4, 0.5) is 0 Å². The monoisotopic (exact) mass is 309 g/mol. The van der Waals surface area contributed by atoms with Gasteiger partial charge in [0.1, 0.15) is 11.6 Å². The van der Waals surface area contributed by atoms with E-state index < -0.39 is 0 Å². The van der Waals surface area contributed by atoms with E-state index in [-0.39, 0.29) is 11.7 Å². The number of hydrogen-bond acceptors (Lipinski definition) is 3. The Morgan fingerprint density at radius 1 is 1.56 bits per heavy atom. The predicted molar refractivity (Wildman–Crippen MR) is 70.2 cm³/mol. The molecule has 1 aromatic carbocycles. The number of carbonyl (C=O) groups is 1. The summed E-state index contributed by atoms with van der Waals surface area (Å²) in [5, 5.41) is 9.55. The molecule has 0 saturated heterocycles. The summed E-state index contributed by atoms with van der Waals surface area (Å²) in [6.07, 6.45) is 3.35. The average molecular weight is 310 g/mol. The first-order valence-corrected chi connectivity index (χ1v) is 6.09. The third-order valence-electron chi connectivity index (χ3n) is 2.48. The number of amides is 1. The van der Waals surface area contributed by atoms with Crippen molar-refractivity contribution in [1.29, 1.82) is 0 Å². The van der Waals surface area contributed by atoms with Gasteiger partial charge in [0.15, 0.2) is 0 Å². The van der Waals surface area contributed by atoms with Gasteiger partial charge in [-0.2, -0.15) is 0 Å². The standard InChI is InChI=1S/C12H12BrN3O2/c1-16(7-11-14-4-5-15-11)12(18)8-2-3-9(13)10(17)6-8/h2-6,17H,7H2,1H3,(H,14,15). The largest absolute Gasteiger partial charge is 0.507 e. The van der Waals surface area contributed by atoms with Crippen LogP contribution < -0.4 is 0 Å². The zero-order chi connectivity index (χ0) is 13.1. The smallest absolute Gasteiger partial charge is 0.254 e. The summed E-state index contributed by atoms with van der Waals surface area (Å²) in [6, 6.07) is 4.74. The number of halogens is 1. The number of aromatic amines is 1. The van der Waals surface area contributed by atoms with Crippen LogP contribution in [0, 0.1) is 0 Å². The Morgan fingerprint density at radius 2 is 2.33 bits per heavy atom. The first-order valence-electron chi connectivity index (χ1n) is 5.30. The van der Waals surface area contributed by atoms with Crippen molar-refractivity contribution in [1.82, 2.24) is 14.9 Å². The van der Waals surface area contributed by atoms with Gasteiger partial charge in [0.05, 0.1) is 11.0 Å². The Hall–Kier alpha value is -1.82. The SMILES string of the molecule is CN(Cc1ncc[nH]1)C(=O)c1ccc(Br)c(O)c1. The fourth-order valence-corrected chi connectivity index (χ4v) is 1.79. The summed E-state index contributed by atoms with van der Waals surface area (Å²) >= 11 is 3.17. The third-order valence-corrected chi connectivity index (χ3v) is 3.15. The van der Waals surface area contributed by atoms with Crippen molar-refractivity contribution in [2.45, 2.75) is 6.54 Å². The Morgan fingerprint density at radius 3 is 2.94 bits per heavy atom. The molecule has 6 heteroatoms. The van der Waals surface area contributed by atoms with Crippen LogP contribution >= 0.6 is 15.9 Å². The molecule has 0 bridgehead atoms. The van der Waals surface area contributed by atoms with Gasteiger partial charge in [-0.1, -0.05) is 0 Å². The molecule has 18 heavy (non-hydrogen) atoms. The van der Waals surface area contributed by atoms with Gasteiger partial charge in [0.2, 0.25) is 0 Å². The lowest BCUT2D eigenvalue weighted by molar-refractivity contribution is 0.0781. The maximum Gasteiger partial charge on any atom is 0.254 e. The second kappa shape index (κ2) is 5.22. The van der Waals surface area contributed by atoms with Gasteiger partial charge in [0, 0.05) is 25.0 Å². The number of carbonyl (C=O) groups excluding carboxylic acids is 1. The van der Waals surface area contributed by atoms with Crippen LogP contribution in [-0.2, 0) is 6.54 Å². The van der Waals surface area contributed by atoms with E-state index in [4.69, 9.17) is 0 Å². The number of phenols is 1. The summed E-state index contributed by atoms with van der Waals surface area (Å²) < 4.78 is 0.563. The number of H-pyrrole nitrogens is 1. The summed E-state index contributed by atoms with van der Waals surface area (Å²) in [5.74, 6) is 0.591. The van der Waals surface area contributed by atoms with Crippen molar-refractivity contribution in [2.75, 3.05) is 7.05 Å². The van der Waals surface area contributed by atoms with E-state index in [0.717, 1.165) is 0 Å². The molecule has 0 aliphatic heterocycles. The Labute approximate surface area is 113 Å². The fraction of sp³-hybridized carbons (Fsp3) is 0.167. The normalized spacial score (nSPS) is 10.3. The predicted octanol–water partition coefficient (Wildman–Crippen LogP) is 2.15. The minimum Gasteiger partial charge on any atom is -0.507 e. The number of benzene rings is 1. The number of aromatic nitrogens is 2. The molecule has 0 atom stereocenters. The third kappa shape index (κ3) is 2.70. The molecular formula is C12H12BrN3O2. The highest BCUT2D eigenvalue weighted by Crippen LogP contribution is 2.24. The number of nitrogens with zero attached hydrogens (tertiary/aromatic N) is 2. The summed E-state index contributed by atoms with van der Waals surface area (Å²) in [5.41, 5.74) is 0.435. The number of nitrogens with one attached hydrogen (secondary N) is 1. The van der Waals surface area contributed by atoms with Crippen molar-refractivity contribution < 1.29 is 9.90 Å². The van der Waals surface area contributed by atoms with Gasteiger partial charge in [0.25, 0.3) is 5.91 Å². The number of imidazole rings is 1. The van der Waals surface area contributed by atoms with E-state index >= 15 is 0 Å². The molecule has 2 aromatic rings. The number of aromatic hydroxyl groups is 1. The molecule has 0 aliphatic rings. The van der Waals surface area contributed by atoms with Crippen molar-refractivity contribution in [2.24, 2.45) is 0 Å². The van der Waals surface area contributed by atoms with Crippen molar-refractivity contribution in [3.8, 4) is 5.75 Å². The first kappa shape index (κ1) is 12.6. The maximum atomic E-state index is 12.1. The van der Waals surface area contributed by atoms with Crippen LogP contribution in [0.25, 0.3) is 0 Å².